The maximum atomic E-state index is 13.2. The van der Waals surface area contributed by atoms with Gasteiger partial charge < -0.3 is 10.6 Å². The molecule has 0 saturated heterocycles. The molecule has 9 heteroatoms. The summed E-state index contributed by atoms with van der Waals surface area (Å²) in [4.78, 5) is 38.6. The van der Waals surface area contributed by atoms with Crippen LogP contribution >= 0.6 is 27.5 Å². The first-order valence-corrected chi connectivity index (χ1v) is 12.0. The smallest absolute Gasteiger partial charge is 0.328 e. The van der Waals surface area contributed by atoms with Gasteiger partial charge in [-0.05, 0) is 67.4 Å². The SMILES string of the molecule is Cc1cc(NC(=O)c2cc3cc(Cl)ccc3n2NC(=O)C(=O)N[C@H](C)c2ccccc2)ccc1Br. The molecule has 7 nitrogen and oxygen atoms in total. The van der Waals surface area contributed by atoms with Crippen molar-refractivity contribution in [2.75, 3.05) is 10.7 Å². The average Bonchev–Trinajstić information content (AvgIpc) is 3.19. The number of nitrogens with one attached hydrogen (secondary N) is 3. The van der Waals surface area contributed by atoms with Gasteiger partial charge in [-0.2, -0.15) is 0 Å². The van der Waals surface area contributed by atoms with E-state index in [0.717, 1.165) is 15.6 Å². The number of carbonyl (C=O) groups is 3. The summed E-state index contributed by atoms with van der Waals surface area (Å²) in [6, 6.07) is 20.9. The van der Waals surface area contributed by atoms with E-state index in [2.05, 4.69) is 32.0 Å². The van der Waals surface area contributed by atoms with E-state index >= 15 is 0 Å². The zero-order chi connectivity index (χ0) is 25.1. The minimum atomic E-state index is -0.909. The number of aromatic nitrogens is 1. The predicted octanol–water partition coefficient (Wildman–Crippen LogP) is 5.57. The van der Waals surface area contributed by atoms with Crippen LogP contribution in [0.3, 0.4) is 0 Å². The minimum absolute atomic E-state index is 0.139. The first kappa shape index (κ1) is 24.5. The Hall–Kier alpha value is -3.62. The highest BCUT2D eigenvalue weighted by molar-refractivity contribution is 9.10. The monoisotopic (exact) mass is 552 g/mol. The van der Waals surface area contributed by atoms with Gasteiger partial charge in [0.2, 0.25) is 0 Å². The van der Waals surface area contributed by atoms with Crippen molar-refractivity contribution in [3.05, 3.63) is 99.1 Å². The number of fused-ring (bicyclic) bond motifs is 1. The first-order valence-electron chi connectivity index (χ1n) is 10.8. The van der Waals surface area contributed by atoms with E-state index < -0.39 is 17.7 Å². The number of hydrogen-bond acceptors (Lipinski definition) is 3. The number of halogens is 2. The Bertz CT molecular complexity index is 1440. The summed E-state index contributed by atoms with van der Waals surface area (Å²) in [5.74, 6) is -2.20. The molecule has 0 bridgehead atoms. The van der Waals surface area contributed by atoms with Gasteiger partial charge in [-0.3, -0.25) is 19.8 Å². The van der Waals surface area contributed by atoms with Crippen LogP contribution in [0.5, 0.6) is 0 Å². The molecule has 0 unspecified atom stereocenters. The Balaban J connectivity index is 1.60. The molecule has 1 heterocycles. The van der Waals surface area contributed by atoms with Crippen LogP contribution in [0, 0.1) is 6.92 Å². The number of carbonyl (C=O) groups excluding carboxylic acids is 3. The third-order valence-electron chi connectivity index (χ3n) is 5.48. The van der Waals surface area contributed by atoms with Crippen molar-refractivity contribution in [3.63, 3.8) is 0 Å². The molecule has 4 rings (SSSR count). The third kappa shape index (κ3) is 5.55. The number of rotatable bonds is 5. The molecular weight excluding hydrogens is 532 g/mol. The lowest BCUT2D eigenvalue weighted by atomic mass is 10.1. The van der Waals surface area contributed by atoms with Crippen molar-refractivity contribution in [1.29, 1.82) is 0 Å². The summed E-state index contributed by atoms with van der Waals surface area (Å²) in [5, 5.41) is 6.62. The molecule has 0 aliphatic rings. The second-order valence-electron chi connectivity index (χ2n) is 8.03. The molecule has 0 spiro atoms. The van der Waals surface area contributed by atoms with Crippen molar-refractivity contribution < 1.29 is 14.4 Å². The summed E-state index contributed by atoms with van der Waals surface area (Å²) in [7, 11) is 0. The van der Waals surface area contributed by atoms with Gasteiger partial charge in [0, 0.05) is 20.6 Å². The molecular formula is C26H22BrClN4O3. The zero-order valence-corrected chi connectivity index (χ0v) is 21.3. The van der Waals surface area contributed by atoms with Crippen LogP contribution in [0.15, 0.2) is 77.3 Å². The van der Waals surface area contributed by atoms with E-state index in [-0.39, 0.29) is 11.7 Å². The summed E-state index contributed by atoms with van der Waals surface area (Å²) in [6.45, 7) is 3.70. The average molecular weight is 554 g/mol. The number of benzene rings is 3. The van der Waals surface area contributed by atoms with Gasteiger partial charge in [0.1, 0.15) is 5.69 Å². The molecule has 1 atom stereocenters. The van der Waals surface area contributed by atoms with Gasteiger partial charge in [-0.25, -0.2) is 4.68 Å². The highest BCUT2D eigenvalue weighted by Gasteiger charge is 2.22. The van der Waals surface area contributed by atoms with E-state index in [0.29, 0.717) is 21.6 Å². The molecule has 0 fully saturated rings. The van der Waals surface area contributed by atoms with E-state index in [4.69, 9.17) is 11.6 Å². The summed E-state index contributed by atoms with van der Waals surface area (Å²) >= 11 is 9.57. The van der Waals surface area contributed by atoms with E-state index in [1.807, 2.05) is 49.4 Å². The van der Waals surface area contributed by atoms with E-state index in [1.165, 1.54) is 4.68 Å². The molecule has 0 radical (unpaired) electrons. The first-order chi connectivity index (χ1) is 16.7. The van der Waals surface area contributed by atoms with E-state index in [1.54, 1.807) is 37.3 Å². The van der Waals surface area contributed by atoms with Crippen LogP contribution in [0.25, 0.3) is 10.9 Å². The van der Waals surface area contributed by atoms with Crippen molar-refractivity contribution >= 4 is 61.8 Å². The lowest BCUT2D eigenvalue weighted by Gasteiger charge is -2.16. The molecule has 3 N–H and O–H groups in total. The quantitative estimate of drug-likeness (QED) is 0.282. The molecule has 4 aromatic rings. The Morgan fingerprint density at radius 3 is 2.40 bits per heavy atom. The third-order valence-corrected chi connectivity index (χ3v) is 6.60. The number of aryl methyl sites for hydroxylation is 1. The Morgan fingerprint density at radius 1 is 0.943 bits per heavy atom. The van der Waals surface area contributed by atoms with Crippen LogP contribution in [-0.2, 0) is 9.59 Å². The van der Waals surface area contributed by atoms with Gasteiger partial charge >= 0.3 is 11.8 Å². The second-order valence-corrected chi connectivity index (χ2v) is 9.32. The second kappa shape index (κ2) is 10.3. The maximum Gasteiger partial charge on any atom is 0.328 e. The van der Waals surface area contributed by atoms with Crippen LogP contribution < -0.4 is 16.1 Å². The largest absolute Gasteiger partial charge is 0.341 e. The van der Waals surface area contributed by atoms with Gasteiger partial charge in [-0.15, -0.1) is 0 Å². The summed E-state index contributed by atoms with van der Waals surface area (Å²) < 4.78 is 2.21. The molecule has 178 valence electrons. The highest BCUT2D eigenvalue weighted by atomic mass is 79.9. The Labute approximate surface area is 215 Å². The Morgan fingerprint density at radius 2 is 1.69 bits per heavy atom. The van der Waals surface area contributed by atoms with Crippen LogP contribution in [0.4, 0.5) is 5.69 Å². The van der Waals surface area contributed by atoms with Crippen molar-refractivity contribution in [1.82, 2.24) is 9.99 Å². The fraction of sp³-hybridized carbons (Fsp3) is 0.115. The van der Waals surface area contributed by atoms with Crippen LogP contribution in [-0.4, -0.2) is 22.4 Å². The fourth-order valence-electron chi connectivity index (χ4n) is 3.63. The van der Waals surface area contributed by atoms with Crippen molar-refractivity contribution in [2.24, 2.45) is 0 Å². The van der Waals surface area contributed by atoms with Gasteiger partial charge in [0.25, 0.3) is 5.91 Å². The van der Waals surface area contributed by atoms with Gasteiger partial charge in [0.05, 0.1) is 11.6 Å². The van der Waals surface area contributed by atoms with Crippen molar-refractivity contribution in [3.8, 4) is 0 Å². The normalized spacial score (nSPS) is 11.7. The topological polar surface area (TPSA) is 92.2 Å². The summed E-state index contributed by atoms with van der Waals surface area (Å²) in [5.41, 5.74) is 5.61. The molecule has 0 saturated carbocycles. The lowest BCUT2D eigenvalue weighted by molar-refractivity contribution is -0.137. The summed E-state index contributed by atoms with van der Waals surface area (Å²) in [6.07, 6.45) is 0. The molecule has 3 aromatic carbocycles. The molecule has 3 amide bonds. The minimum Gasteiger partial charge on any atom is -0.341 e. The van der Waals surface area contributed by atoms with Crippen molar-refractivity contribution in [2.45, 2.75) is 19.9 Å². The maximum absolute atomic E-state index is 13.2. The number of hydrogen-bond donors (Lipinski definition) is 3. The van der Waals surface area contributed by atoms with Crippen LogP contribution in [0.2, 0.25) is 5.02 Å². The molecule has 1 aromatic heterocycles. The standard InChI is InChI=1S/C26H22BrClN4O3/c1-15-12-20(9-10-21(15)27)30-24(33)23-14-18-13-19(28)8-11-22(18)32(23)31-26(35)25(34)29-16(2)17-6-4-3-5-7-17/h3-14,16H,1-2H3,(H,29,34)(H,30,33)(H,31,35)/t16-/m1/s1. The van der Waals surface area contributed by atoms with Gasteiger partial charge in [-0.1, -0.05) is 57.9 Å². The van der Waals surface area contributed by atoms with E-state index in [9.17, 15) is 14.4 Å². The number of anilines is 1. The number of nitrogens with zero attached hydrogens (tertiary/aromatic N) is 1. The molecule has 0 aliphatic heterocycles. The lowest BCUT2D eigenvalue weighted by Crippen LogP contribution is -2.40. The van der Waals surface area contributed by atoms with Crippen LogP contribution in [0.1, 0.15) is 34.6 Å². The highest BCUT2D eigenvalue weighted by Crippen LogP contribution is 2.25. The fourth-order valence-corrected chi connectivity index (χ4v) is 4.06. The molecule has 0 aliphatic carbocycles. The Kier molecular flexibility index (Phi) is 7.23. The predicted molar refractivity (Wildman–Crippen MR) is 141 cm³/mol. The number of amides is 3. The zero-order valence-electron chi connectivity index (χ0n) is 18.9. The van der Waals surface area contributed by atoms with Gasteiger partial charge in [0.15, 0.2) is 0 Å². The molecule has 35 heavy (non-hydrogen) atoms.